The first-order chi connectivity index (χ1) is 8.82. The lowest BCUT2D eigenvalue weighted by Gasteiger charge is -2.34. The quantitative estimate of drug-likeness (QED) is 0.723. The minimum atomic E-state index is -0.459. The molecule has 5 heteroatoms. The zero-order valence-electron chi connectivity index (χ0n) is 12.3. The molecule has 1 aliphatic heterocycles. The van der Waals surface area contributed by atoms with Crippen LogP contribution < -0.4 is 16.4 Å². The number of alkyl carbamates (subject to hydrolysis) is 1. The van der Waals surface area contributed by atoms with E-state index < -0.39 is 5.60 Å². The Hall–Kier alpha value is -0.810. The number of nitrogens with one attached hydrogen (secondary N) is 2. The standard InChI is InChI=1S/C14H27N3O2/c1-13(2,3)19-12(18)17-14(6-7-14)11(15)10-4-8-16-9-5-10/h10-11,16H,4-9,15H2,1-3H3,(H,17,18). The van der Waals surface area contributed by atoms with Crippen molar-refractivity contribution < 1.29 is 9.53 Å². The van der Waals surface area contributed by atoms with Gasteiger partial charge in [0.15, 0.2) is 0 Å². The van der Waals surface area contributed by atoms with Gasteiger partial charge in [-0.05, 0) is 65.5 Å². The molecule has 1 aliphatic carbocycles. The van der Waals surface area contributed by atoms with E-state index in [-0.39, 0.29) is 17.7 Å². The molecule has 1 saturated heterocycles. The fourth-order valence-electron chi connectivity index (χ4n) is 2.84. The molecular weight excluding hydrogens is 242 g/mol. The summed E-state index contributed by atoms with van der Waals surface area (Å²) < 4.78 is 5.33. The molecule has 1 heterocycles. The SMILES string of the molecule is CC(C)(C)OC(=O)NC1(C(N)C2CCNCC2)CC1. The number of rotatable bonds is 3. The van der Waals surface area contributed by atoms with Crippen molar-refractivity contribution in [3.63, 3.8) is 0 Å². The van der Waals surface area contributed by atoms with Gasteiger partial charge in [0.05, 0.1) is 5.54 Å². The van der Waals surface area contributed by atoms with E-state index in [1.54, 1.807) is 0 Å². The van der Waals surface area contributed by atoms with Crippen LogP contribution in [0.15, 0.2) is 0 Å². The summed E-state index contributed by atoms with van der Waals surface area (Å²) in [5.41, 5.74) is 5.73. The van der Waals surface area contributed by atoms with Gasteiger partial charge in [-0.25, -0.2) is 4.79 Å². The van der Waals surface area contributed by atoms with E-state index in [1.165, 1.54) is 0 Å². The summed E-state index contributed by atoms with van der Waals surface area (Å²) in [6.07, 6.45) is 3.79. The van der Waals surface area contributed by atoms with Gasteiger partial charge in [-0.15, -0.1) is 0 Å². The second-order valence-corrected chi connectivity index (χ2v) is 6.90. The van der Waals surface area contributed by atoms with Crippen LogP contribution in [0, 0.1) is 5.92 Å². The minimum absolute atomic E-state index is 0.0436. The van der Waals surface area contributed by atoms with Crippen molar-refractivity contribution in [2.24, 2.45) is 11.7 Å². The molecule has 0 bridgehead atoms. The molecule has 110 valence electrons. The first-order valence-electron chi connectivity index (χ1n) is 7.30. The average Bonchev–Trinajstić information content (AvgIpc) is 3.07. The van der Waals surface area contributed by atoms with E-state index in [0.717, 1.165) is 38.8 Å². The lowest BCUT2D eigenvalue weighted by Crippen LogP contribution is -2.55. The Morgan fingerprint density at radius 1 is 1.37 bits per heavy atom. The first-order valence-corrected chi connectivity index (χ1v) is 7.30. The number of hydrogen-bond acceptors (Lipinski definition) is 4. The van der Waals surface area contributed by atoms with Crippen LogP contribution in [0.3, 0.4) is 0 Å². The van der Waals surface area contributed by atoms with Crippen LogP contribution in [0.4, 0.5) is 4.79 Å². The smallest absolute Gasteiger partial charge is 0.408 e. The van der Waals surface area contributed by atoms with Gasteiger partial charge in [0.2, 0.25) is 0 Å². The number of carbonyl (C=O) groups is 1. The summed E-state index contributed by atoms with van der Waals surface area (Å²) in [6, 6.07) is 0.0436. The summed E-state index contributed by atoms with van der Waals surface area (Å²) in [5, 5.41) is 6.36. The molecule has 2 rings (SSSR count). The monoisotopic (exact) mass is 269 g/mol. The normalized spacial score (nSPS) is 24.6. The summed E-state index contributed by atoms with van der Waals surface area (Å²) in [7, 11) is 0. The molecule has 4 N–H and O–H groups in total. The van der Waals surface area contributed by atoms with E-state index in [0.29, 0.717) is 5.92 Å². The van der Waals surface area contributed by atoms with Gasteiger partial charge in [0.1, 0.15) is 5.60 Å². The highest BCUT2D eigenvalue weighted by Gasteiger charge is 2.52. The third kappa shape index (κ3) is 3.83. The maximum atomic E-state index is 11.9. The predicted molar refractivity (Wildman–Crippen MR) is 74.9 cm³/mol. The van der Waals surface area contributed by atoms with E-state index in [1.807, 2.05) is 20.8 Å². The van der Waals surface area contributed by atoms with Gasteiger partial charge < -0.3 is 21.1 Å². The zero-order chi connectivity index (χ0) is 14.1. The van der Waals surface area contributed by atoms with E-state index in [4.69, 9.17) is 10.5 Å². The summed E-state index contributed by atoms with van der Waals surface area (Å²) in [4.78, 5) is 11.9. The minimum Gasteiger partial charge on any atom is -0.444 e. The maximum Gasteiger partial charge on any atom is 0.408 e. The van der Waals surface area contributed by atoms with Crippen LogP contribution >= 0.6 is 0 Å². The van der Waals surface area contributed by atoms with Gasteiger partial charge >= 0.3 is 6.09 Å². The van der Waals surface area contributed by atoms with Crippen LogP contribution in [0.1, 0.15) is 46.5 Å². The van der Waals surface area contributed by atoms with Crippen LogP contribution in [0.2, 0.25) is 0 Å². The number of hydrogen-bond donors (Lipinski definition) is 3. The van der Waals surface area contributed by atoms with Gasteiger partial charge in [0.25, 0.3) is 0 Å². The molecule has 1 amide bonds. The van der Waals surface area contributed by atoms with Crippen molar-refractivity contribution in [3.8, 4) is 0 Å². The van der Waals surface area contributed by atoms with Crippen LogP contribution in [0.5, 0.6) is 0 Å². The molecule has 0 aromatic rings. The lowest BCUT2D eigenvalue weighted by molar-refractivity contribution is 0.0476. The van der Waals surface area contributed by atoms with E-state index in [2.05, 4.69) is 10.6 Å². The Morgan fingerprint density at radius 3 is 2.42 bits per heavy atom. The Kier molecular flexibility index (Phi) is 4.06. The fraction of sp³-hybridized carbons (Fsp3) is 0.929. The molecule has 1 atom stereocenters. The fourth-order valence-corrected chi connectivity index (χ4v) is 2.84. The van der Waals surface area contributed by atoms with Crippen LogP contribution in [0.25, 0.3) is 0 Å². The van der Waals surface area contributed by atoms with Crippen LogP contribution in [-0.2, 0) is 4.74 Å². The molecule has 0 spiro atoms. The Balaban J connectivity index is 1.89. The van der Waals surface area contributed by atoms with Crippen molar-refractivity contribution in [1.82, 2.24) is 10.6 Å². The Labute approximate surface area is 115 Å². The summed E-state index contributed by atoms with van der Waals surface area (Å²) in [5.74, 6) is 0.499. The second-order valence-electron chi connectivity index (χ2n) is 6.90. The van der Waals surface area contributed by atoms with Crippen molar-refractivity contribution >= 4 is 6.09 Å². The molecule has 2 aliphatic rings. The number of ether oxygens (including phenoxy) is 1. The highest BCUT2D eigenvalue weighted by Crippen LogP contribution is 2.42. The summed E-state index contributed by atoms with van der Waals surface area (Å²) in [6.45, 7) is 7.68. The summed E-state index contributed by atoms with van der Waals surface area (Å²) >= 11 is 0. The van der Waals surface area contributed by atoms with Crippen molar-refractivity contribution in [2.45, 2.75) is 63.6 Å². The van der Waals surface area contributed by atoms with E-state index >= 15 is 0 Å². The zero-order valence-corrected chi connectivity index (χ0v) is 12.3. The molecule has 2 fully saturated rings. The van der Waals surface area contributed by atoms with E-state index in [9.17, 15) is 4.79 Å². The molecule has 0 aromatic carbocycles. The maximum absolute atomic E-state index is 11.9. The highest BCUT2D eigenvalue weighted by atomic mass is 16.6. The molecular formula is C14H27N3O2. The molecule has 0 aromatic heterocycles. The molecule has 0 radical (unpaired) electrons. The third-order valence-corrected chi connectivity index (χ3v) is 4.07. The molecule has 5 nitrogen and oxygen atoms in total. The first kappa shape index (κ1) is 14.6. The lowest BCUT2D eigenvalue weighted by atomic mass is 9.85. The molecule has 1 unspecified atom stereocenters. The average molecular weight is 269 g/mol. The van der Waals surface area contributed by atoms with Gasteiger partial charge in [0, 0.05) is 6.04 Å². The number of nitrogens with two attached hydrogens (primary N) is 1. The van der Waals surface area contributed by atoms with Crippen molar-refractivity contribution in [3.05, 3.63) is 0 Å². The highest BCUT2D eigenvalue weighted by molar-refractivity contribution is 5.69. The van der Waals surface area contributed by atoms with Gasteiger partial charge in [-0.3, -0.25) is 0 Å². The Morgan fingerprint density at radius 2 is 1.95 bits per heavy atom. The topological polar surface area (TPSA) is 76.4 Å². The number of piperidine rings is 1. The van der Waals surface area contributed by atoms with Crippen molar-refractivity contribution in [1.29, 1.82) is 0 Å². The van der Waals surface area contributed by atoms with Gasteiger partial charge in [-0.2, -0.15) is 0 Å². The second kappa shape index (κ2) is 5.29. The number of amides is 1. The Bertz CT molecular complexity index is 328. The largest absolute Gasteiger partial charge is 0.444 e. The van der Waals surface area contributed by atoms with Crippen molar-refractivity contribution in [2.75, 3.05) is 13.1 Å². The van der Waals surface area contributed by atoms with Crippen LogP contribution in [-0.4, -0.2) is 36.4 Å². The third-order valence-electron chi connectivity index (χ3n) is 4.07. The number of carbonyl (C=O) groups excluding carboxylic acids is 1. The van der Waals surface area contributed by atoms with Gasteiger partial charge in [-0.1, -0.05) is 0 Å². The molecule has 19 heavy (non-hydrogen) atoms. The molecule has 1 saturated carbocycles. The predicted octanol–water partition coefficient (Wildman–Crippen LogP) is 1.37.